The Bertz CT molecular complexity index is 562. The van der Waals surface area contributed by atoms with Gasteiger partial charge in [0.2, 0.25) is 5.89 Å². The van der Waals surface area contributed by atoms with Gasteiger partial charge in [-0.1, -0.05) is 22.1 Å². The van der Waals surface area contributed by atoms with Crippen molar-refractivity contribution in [1.82, 2.24) is 4.98 Å². The van der Waals surface area contributed by atoms with E-state index >= 15 is 0 Å². The summed E-state index contributed by atoms with van der Waals surface area (Å²) in [4.78, 5) is 3.67. The highest BCUT2D eigenvalue weighted by Crippen LogP contribution is 2.21. The summed E-state index contributed by atoms with van der Waals surface area (Å²) in [7, 11) is -4.82. The third kappa shape index (κ3) is 2.04. The lowest BCUT2D eigenvalue weighted by atomic mass is 10.2. The molecular weight excluding hydrogens is 221 g/mol. The van der Waals surface area contributed by atoms with E-state index in [1.807, 2.05) is 0 Å². The fraction of sp³-hybridized carbons (Fsp3) is 0. The molecule has 2 rings (SSSR count). The van der Waals surface area contributed by atoms with Crippen LogP contribution in [0.3, 0.4) is 0 Å². The molecule has 4 nitrogen and oxygen atoms in total. The van der Waals surface area contributed by atoms with Crippen molar-refractivity contribution in [1.29, 1.82) is 0 Å². The van der Waals surface area contributed by atoms with E-state index in [1.54, 1.807) is 30.3 Å². The van der Waals surface area contributed by atoms with Gasteiger partial charge >= 0.3 is 10.2 Å². The first kappa shape index (κ1) is 9.85. The summed E-state index contributed by atoms with van der Waals surface area (Å²) in [6, 6.07) is 8.63. The molecule has 0 saturated carbocycles. The maximum Gasteiger partial charge on any atom is 0.367 e. The predicted octanol–water partition coefficient (Wildman–Crippen LogP) is 2.00. The van der Waals surface area contributed by atoms with Crippen LogP contribution < -0.4 is 0 Å². The van der Waals surface area contributed by atoms with Gasteiger partial charge in [-0.15, -0.1) is 0 Å². The summed E-state index contributed by atoms with van der Waals surface area (Å²) in [5, 5.41) is -0.777. The number of hydrogen-bond acceptors (Lipinski definition) is 4. The number of benzene rings is 1. The average molecular weight is 227 g/mol. The van der Waals surface area contributed by atoms with Crippen LogP contribution in [0.15, 0.2) is 46.0 Å². The van der Waals surface area contributed by atoms with Gasteiger partial charge in [-0.25, -0.2) is 4.98 Å². The Kier molecular flexibility index (Phi) is 2.28. The van der Waals surface area contributed by atoms with Crippen LogP contribution in [0.1, 0.15) is 0 Å². The second-order valence-corrected chi connectivity index (χ2v) is 4.07. The van der Waals surface area contributed by atoms with Crippen molar-refractivity contribution in [3.05, 3.63) is 36.5 Å². The molecule has 2 aromatic rings. The number of aromatic nitrogens is 1. The van der Waals surface area contributed by atoms with E-state index in [-0.39, 0.29) is 5.89 Å². The first-order valence-corrected chi connectivity index (χ1v) is 5.41. The van der Waals surface area contributed by atoms with Gasteiger partial charge in [0.15, 0.2) is 0 Å². The van der Waals surface area contributed by atoms with Crippen LogP contribution in [0.4, 0.5) is 3.89 Å². The van der Waals surface area contributed by atoms with Gasteiger partial charge in [0.1, 0.15) is 0 Å². The molecule has 0 aliphatic heterocycles. The summed E-state index contributed by atoms with van der Waals surface area (Å²) in [5.41, 5.74) is 0.590. The summed E-state index contributed by atoms with van der Waals surface area (Å²) in [6.07, 6.45) is 0.845. The minimum absolute atomic E-state index is 0.0758. The van der Waals surface area contributed by atoms with E-state index in [1.165, 1.54) is 0 Å². The minimum atomic E-state index is -4.82. The summed E-state index contributed by atoms with van der Waals surface area (Å²) >= 11 is 0. The normalized spacial score (nSPS) is 11.5. The van der Waals surface area contributed by atoms with Crippen molar-refractivity contribution < 1.29 is 16.7 Å². The molecule has 1 aromatic carbocycles. The third-order valence-electron chi connectivity index (χ3n) is 1.75. The average Bonchev–Trinajstić information content (AvgIpc) is 2.67. The van der Waals surface area contributed by atoms with Gasteiger partial charge < -0.3 is 4.42 Å². The maximum atomic E-state index is 12.5. The molecule has 0 N–H and O–H groups in total. The highest BCUT2D eigenvalue weighted by molar-refractivity contribution is 7.86. The molecule has 0 amide bonds. The molecule has 0 aliphatic carbocycles. The molecule has 6 heteroatoms. The Hall–Kier alpha value is -1.69. The van der Waals surface area contributed by atoms with Crippen LogP contribution >= 0.6 is 0 Å². The van der Waals surface area contributed by atoms with E-state index in [2.05, 4.69) is 4.98 Å². The fourth-order valence-electron chi connectivity index (χ4n) is 1.09. The molecule has 0 spiro atoms. The zero-order chi connectivity index (χ0) is 10.9. The first-order chi connectivity index (χ1) is 7.07. The van der Waals surface area contributed by atoms with Crippen LogP contribution in [-0.2, 0) is 10.2 Å². The molecule has 78 valence electrons. The first-order valence-electron chi connectivity index (χ1n) is 4.03. The molecule has 0 atom stereocenters. The third-order valence-corrected chi connectivity index (χ3v) is 2.41. The fourth-order valence-corrected chi connectivity index (χ4v) is 1.44. The molecule has 1 heterocycles. The smallest absolute Gasteiger partial charge is 0.367 e. The van der Waals surface area contributed by atoms with E-state index in [9.17, 15) is 12.3 Å². The Morgan fingerprint density at radius 3 is 2.40 bits per heavy atom. The van der Waals surface area contributed by atoms with Gasteiger partial charge in [0, 0.05) is 5.56 Å². The van der Waals surface area contributed by atoms with Gasteiger partial charge in [-0.05, 0) is 12.1 Å². The summed E-state index contributed by atoms with van der Waals surface area (Å²) < 4.78 is 38.2. The van der Waals surface area contributed by atoms with Crippen molar-refractivity contribution in [2.75, 3.05) is 0 Å². The lowest BCUT2D eigenvalue weighted by Gasteiger charge is -1.92. The second kappa shape index (κ2) is 3.47. The van der Waals surface area contributed by atoms with Crippen LogP contribution in [0.2, 0.25) is 0 Å². The van der Waals surface area contributed by atoms with Crippen molar-refractivity contribution in [3.63, 3.8) is 0 Å². The number of nitrogens with zero attached hydrogens (tertiary/aromatic N) is 1. The standard InChI is InChI=1S/C9H6FNO3S/c10-15(12,13)8-6-11-9(14-8)7-4-2-1-3-5-7/h1-6H. The number of halogens is 1. The topological polar surface area (TPSA) is 60.2 Å². The molecular formula is C9H6FNO3S. The van der Waals surface area contributed by atoms with E-state index in [0.29, 0.717) is 5.56 Å². The lowest BCUT2D eigenvalue weighted by Crippen LogP contribution is -1.87. The maximum absolute atomic E-state index is 12.5. The molecule has 15 heavy (non-hydrogen) atoms. The Balaban J connectivity index is 2.46. The van der Waals surface area contributed by atoms with Gasteiger partial charge in [0.25, 0.3) is 5.09 Å². The van der Waals surface area contributed by atoms with Crippen molar-refractivity contribution in [3.8, 4) is 11.5 Å². The largest absolute Gasteiger partial charge is 0.422 e. The zero-order valence-electron chi connectivity index (χ0n) is 7.42. The van der Waals surface area contributed by atoms with E-state index in [4.69, 9.17) is 4.42 Å². The molecule has 0 unspecified atom stereocenters. The summed E-state index contributed by atoms with van der Waals surface area (Å²) in [6.45, 7) is 0. The molecule has 0 bridgehead atoms. The molecule has 0 radical (unpaired) electrons. The van der Waals surface area contributed by atoms with Crippen LogP contribution in [-0.4, -0.2) is 13.4 Å². The van der Waals surface area contributed by atoms with Crippen LogP contribution in [0.5, 0.6) is 0 Å². The van der Waals surface area contributed by atoms with Crippen molar-refractivity contribution >= 4 is 10.2 Å². The number of rotatable bonds is 2. The molecule has 0 aliphatic rings. The highest BCUT2D eigenvalue weighted by atomic mass is 32.3. The van der Waals surface area contributed by atoms with Crippen molar-refractivity contribution in [2.45, 2.75) is 5.09 Å². The SMILES string of the molecule is O=S(=O)(F)c1cnc(-c2ccccc2)o1. The number of oxazole rings is 1. The molecule has 0 fully saturated rings. The number of hydrogen-bond donors (Lipinski definition) is 0. The lowest BCUT2D eigenvalue weighted by molar-refractivity contribution is 0.442. The predicted molar refractivity (Wildman–Crippen MR) is 50.2 cm³/mol. The van der Waals surface area contributed by atoms with Gasteiger partial charge in [-0.3, -0.25) is 0 Å². The molecule has 1 aromatic heterocycles. The minimum Gasteiger partial charge on any atom is -0.422 e. The van der Waals surface area contributed by atoms with E-state index < -0.39 is 15.3 Å². The second-order valence-electron chi connectivity index (χ2n) is 2.79. The Morgan fingerprint density at radius 2 is 1.87 bits per heavy atom. The van der Waals surface area contributed by atoms with Gasteiger partial charge in [-0.2, -0.15) is 8.42 Å². The quantitative estimate of drug-likeness (QED) is 0.736. The van der Waals surface area contributed by atoms with Crippen LogP contribution in [0.25, 0.3) is 11.5 Å². The van der Waals surface area contributed by atoms with E-state index in [0.717, 1.165) is 6.20 Å². The zero-order valence-corrected chi connectivity index (χ0v) is 8.24. The Labute approximate surface area is 85.6 Å². The van der Waals surface area contributed by atoms with Crippen LogP contribution in [0, 0.1) is 0 Å². The highest BCUT2D eigenvalue weighted by Gasteiger charge is 2.18. The Morgan fingerprint density at radius 1 is 1.20 bits per heavy atom. The molecule has 0 saturated heterocycles. The monoisotopic (exact) mass is 227 g/mol. The summed E-state index contributed by atoms with van der Waals surface area (Å²) in [5.74, 6) is 0.0758. The van der Waals surface area contributed by atoms with Gasteiger partial charge in [0.05, 0.1) is 6.20 Å². The van der Waals surface area contributed by atoms with Crippen molar-refractivity contribution in [2.24, 2.45) is 0 Å².